The fraction of sp³-hybridized carbons (Fsp3) is 0.136. The van der Waals surface area contributed by atoms with E-state index in [1.807, 2.05) is 30.3 Å². The maximum atomic E-state index is 13.2. The van der Waals surface area contributed by atoms with Gasteiger partial charge in [-0.3, -0.25) is 18.7 Å². The number of aromatic nitrogens is 2. The number of carbonyl (C=O) groups excluding carboxylic acids is 1. The number of rotatable bonds is 6. The lowest BCUT2D eigenvalue weighted by Crippen LogP contribution is -2.42. The smallest absolute Gasteiger partial charge is 0.332 e. The average molecular weight is 423 g/mol. The van der Waals surface area contributed by atoms with Gasteiger partial charge in [0.1, 0.15) is 17.1 Å². The van der Waals surface area contributed by atoms with Crippen LogP contribution in [0, 0.1) is 5.82 Å². The largest absolute Gasteiger partial charge is 0.350 e. The van der Waals surface area contributed by atoms with E-state index in [1.54, 1.807) is 11.4 Å². The second-order valence-electron chi connectivity index (χ2n) is 6.78. The summed E-state index contributed by atoms with van der Waals surface area (Å²) in [5.41, 5.74) is 0.993. The van der Waals surface area contributed by atoms with Crippen molar-refractivity contribution in [1.82, 2.24) is 14.5 Å². The van der Waals surface area contributed by atoms with E-state index in [2.05, 4.69) is 5.32 Å². The number of carbonyl (C=O) groups is 1. The molecular formula is C22H18FN3O3S. The van der Waals surface area contributed by atoms with Gasteiger partial charge in [0.15, 0.2) is 0 Å². The van der Waals surface area contributed by atoms with Crippen LogP contribution in [0.3, 0.4) is 0 Å². The predicted molar refractivity (Wildman–Crippen MR) is 114 cm³/mol. The summed E-state index contributed by atoms with van der Waals surface area (Å²) < 4.78 is 16.0. The van der Waals surface area contributed by atoms with Crippen LogP contribution < -0.4 is 16.6 Å². The number of amides is 1. The molecule has 6 nitrogen and oxygen atoms in total. The molecule has 0 radical (unpaired) electrons. The van der Waals surface area contributed by atoms with Gasteiger partial charge >= 0.3 is 5.69 Å². The molecule has 2 aromatic carbocycles. The Labute approximate surface area is 174 Å². The van der Waals surface area contributed by atoms with Crippen LogP contribution in [0.25, 0.3) is 10.2 Å². The Bertz CT molecular complexity index is 1310. The minimum absolute atomic E-state index is 0.00256. The van der Waals surface area contributed by atoms with Crippen molar-refractivity contribution in [3.63, 3.8) is 0 Å². The summed E-state index contributed by atoms with van der Waals surface area (Å²) in [4.78, 5) is 38.4. The lowest BCUT2D eigenvalue weighted by Gasteiger charge is -2.12. The van der Waals surface area contributed by atoms with E-state index in [4.69, 9.17) is 0 Å². The van der Waals surface area contributed by atoms with Crippen molar-refractivity contribution in [3.05, 3.63) is 104 Å². The average Bonchev–Trinajstić information content (AvgIpc) is 3.25. The van der Waals surface area contributed by atoms with Crippen molar-refractivity contribution < 1.29 is 9.18 Å². The maximum Gasteiger partial charge on any atom is 0.332 e. The van der Waals surface area contributed by atoms with E-state index in [-0.39, 0.29) is 19.0 Å². The van der Waals surface area contributed by atoms with Gasteiger partial charge in [-0.1, -0.05) is 42.5 Å². The fourth-order valence-electron chi connectivity index (χ4n) is 3.19. The number of hydrogen-bond donors (Lipinski definition) is 1. The molecule has 8 heteroatoms. The molecule has 0 aliphatic rings. The van der Waals surface area contributed by atoms with E-state index in [0.717, 1.165) is 10.1 Å². The van der Waals surface area contributed by atoms with Gasteiger partial charge in [0, 0.05) is 6.54 Å². The van der Waals surface area contributed by atoms with Crippen LogP contribution in [0.4, 0.5) is 4.39 Å². The van der Waals surface area contributed by atoms with Gasteiger partial charge in [0.2, 0.25) is 5.91 Å². The van der Waals surface area contributed by atoms with Crippen LogP contribution in [-0.2, 0) is 24.4 Å². The summed E-state index contributed by atoms with van der Waals surface area (Å²) >= 11 is 1.22. The molecule has 2 aromatic heterocycles. The summed E-state index contributed by atoms with van der Waals surface area (Å²) in [5, 5.41) is 4.51. The highest BCUT2D eigenvalue weighted by molar-refractivity contribution is 7.17. The van der Waals surface area contributed by atoms with Gasteiger partial charge in [-0.15, -0.1) is 11.3 Å². The third-order valence-corrected chi connectivity index (χ3v) is 5.62. The topological polar surface area (TPSA) is 73.1 Å². The zero-order valence-corrected chi connectivity index (χ0v) is 16.7. The number of nitrogens with zero attached hydrogens (tertiary/aromatic N) is 2. The second kappa shape index (κ2) is 8.46. The van der Waals surface area contributed by atoms with Crippen molar-refractivity contribution in [3.8, 4) is 0 Å². The van der Waals surface area contributed by atoms with Gasteiger partial charge < -0.3 is 5.32 Å². The summed E-state index contributed by atoms with van der Waals surface area (Å²) in [5.74, 6) is -0.729. The molecule has 0 aliphatic heterocycles. The first-order chi connectivity index (χ1) is 14.5. The molecule has 0 saturated carbocycles. The van der Waals surface area contributed by atoms with E-state index in [9.17, 15) is 18.8 Å². The zero-order chi connectivity index (χ0) is 21.1. The molecule has 1 amide bonds. The Balaban J connectivity index is 1.64. The van der Waals surface area contributed by atoms with E-state index < -0.39 is 17.1 Å². The molecule has 4 aromatic rings. The molecule has 30 heavy (non-hydrogen) atoms. The van der Waals surface area contributed by atoms with E-state index in [0.29, 0.717) is 22.3 Å². The van der Waals surface area contributed by atoms with Crippen molar-refractivity contribution in [1.29, 1.82) is 0 Å². The first-order valence-corrected chi connectivity index (χ1v) is 10.2. The lowest BCUT2D eigenvalue weighted by molar-refractivity contribution is -0.121. The van der Waals surface area contributed by atoms with Crippen molar-refractivity contribution >= 4 is 27.5 Å². The van der Waals surface area contributed by atoms with Crippen LogP contribution >= 0.6 is 11.3 Å². The summed E-state index contributed by atoms with van der Waals surface area (Å²) in [6, 6.07) is 16.7. The predicted octanol–water partition coefficient (Wildman–Crippen LogP) is 2.73. The standard InChI is InChI=1S/C22H18FN3O3S/c23-17-8-6-16(7-9-17)13-26-21(28)20-18(10-11-30-20)25(22(26)29)14-19(27)24-12-15-4-2-1-3-5-15/h1-11H,12-14H2,(H,24,27). The molecule has 0 atom stereocenters. The monoisotopic (exact) mass is 423 g/mol. The highest BCUT2D eigenvalue weighted by Crippen LogP contribution is 2.15. The van der Waals surface area contributed by atoms with Gasteiger partial charge in [0.05, 0.1) is 12.1 Å². The Morgan fingerprint density at radius 1 is 0.933 bits per heavy atom. The van der Waals surface area contributed by atoms with Crippen LogP contribution in [0.1, 0.15) is 11.1 Å². The third kappa shape index (κ3) is 4.08. The van der Waals surface area contributed by atoms with Crippen LogP contribution in [-0.4, -0.2) is 15.0 Å². The van der Waals surface area contributed by atoms with Crippen LogP contribution in [0.15, 0.2) is 75.6 Å². The molecule has 2 heterocycles. The number of hydrogen-bond acceptors (Lipinski definition) is 4. The van der Waals surface area contributed by atoms with E-state index >= 15 is 0 Å². The molecule has 152 valence electrons. The highest BCUT2D eigenvalue weighted by atomic mass is 32.1. The maximum absolute atomic E-state index is 13.2. The molecule has 0 saturated heterocycles. The lowest BCUT2D eigenvalue weighted by atomic mass is 10.2. The van der Waals surface area contributed by atoms with Gasteiger partial charge in [-0.2, -0.15) is 0 Å². The van der Waals surface area contributed by atoms with Gasteiger partial charge in [-0.25, -0.2) is 9.18 Å². The molecule has 0 spiro atoms. The number of nitrogens with one attached hydrogen (secondary N) is 1. The third-order valence-electron chi connectivity index (χ3n) is 4.72. The van der Waals surface area contributed by atoms with Crippen molar-refractivity contribution in [2.45, 2.75) is 19.6 Å². The first kappa shape index (κ1) is 19.8. The fourth-order valence-corrected chi connectivity index (χ4v) is 4.04. The second-order valence-corrected chi connectivity index (χ2v) is 7.70. The molecule has 0 fully saturated rings. The Hall–Kier alpha value is -3.52. The quantitative estimate of drug-likeness (QED) is 0.518. The minimum Gasteiger partial charge on any atom is -0.350 e. The highest BCUT2D eigenvalue weighted by Gasteiger charge is 2.16. The summed E-state index contributed by atoms with van der Waals surface area (Å²) in [6.45, 7) is 0.135. The van der Waals surface area contributed by atoms with Gasteiger partial charge in [-0.05, 0) is 34.7 Å². The number of thiophene rings is 1. The van der Waals surface area contributed by atoms with E-state index in [1.165, 1.54) is 40.2 Å². The zero-order valence-electron chi connectivity index (χ0n) is 15.9. The SMILES string of the molecule is O=C(Cn1c(=O)n(Cc2ccc(F)cc2)c(=O)c2sccc21)NCc1ccccc1. The Morgan fingerprint density at radius 3 is 2.40 bits per heavy atom. The van der Waals surface area contributed by atoms with Crippen molar-refractivity contribution in [2.75, 3.05) is 0 Å². The number of fused-ring (bicyclic) bond motifs is 1. The molecule has 1 N–H and O–H groups in total. The number of benzene rings is 2. The minimum atomic E-state index is -0.579. The van der Waals surface area contributed by atoms with Gasteiger partial charge in [0.25, 0.3) is 5.56 Å². The van der Waals surface area contributed by atoms with Crippen LogP contribution in [0.5, 0.6) is 0 Å². The molecule has 0 aliphatic carbocycles. The van der Waals surface area contributed by atoms with Crippen molar-refractivity contribution in [2.24, 2.45) is 0 Å². The molecule has 0 bridgehead atoms. The summed E-state index contributed by atoms with van der Waals surface area (Å²) in [6.07, 6.45) is 0. The Kier molecular flexibility index (Phi) is 5.58. The Morgan fingerprint density at radius 2 is 1.67 bits per heavy atom. The van der Waals surface area contributed by atoms with Crippen LogP contribution in [0.2, 0.25) is 0 Å². The molecule has 0 unspecified atom stereocenters. The normalized spacial score (nSPS) is 11.0. The number of halogens is 1. The first-order valence-electron chi connectivity index (χ1n) is 9.29. The summed E-state index contributed by atoms with van der Waals surface area (Å²) in [7, 11) is 0. The molecule has 4 rings (SSSR count). The molecular weight excluding hydrogens is 405 g/mol.